The molecule has 0 aliphatic heterocycles. The summed E-state index contributed by atoms with van der Waals surface area (Å²) in [6.45, 7) is 9.82. The maximum Gasteiger partial charge on any atom is 0.302 e. The van der Waals surface area contributed by atoms with E-state index in [4.69, 9.17) is 0 Å². The zero-order chi connectivity index (χ0) is 14.0. The quantitative estimate of drug-likeness (QED) is 0.298. The summed E-state index contributed by atoms with van der Waals surface area (Å²) in [5.41, 5.74) is 0.0162. The number of nitro groups is 1. The van der Waals surface area contributed by atoms with Crippen LogP contribution in [0.15, 0.2) is 16.9 Å². The van der Waals surface area contributed by atoms with Crippen LogP contribution in [0.5, 0.6) is 0 Å². The maximum atomic E-state index is 10.8. The Balaban J connectivity index is 4.13. The zero-order valence-corrected chi connectivity index (χ0v) is 11.8. The second-order valence-electron chi connectivity index (χ2n) is 5.18. The average Bonchev–Trinajstić information content (AvgIpc) is 2.25. The number of rotatable bonds is 9. The molecule has 1 N–H and O–H groups in total. The highest BCUT2D eigenvalue weighted by molar-refractivity contribution is 5.75. The number of allylic oxidation sites excluding steroid dienone is 1. The minimum Gasteiger partial charge on any atom is -0.385 e. The van der Waals surface area contributed by atoms with Crippen molar-refractivity contribution in [1.29, 1.82) is 0 Å². The van der Waals surface area contributed by atoms with Gasteiger partial charge in [-0.15, -0.1) is 0 Å². The Morgan fingerprint density at radius 3 is 2.39 bits per heavy atom. The Morgan fingerprint density at radius 1 is 1.28 bits per heavy atom. The van der Waals surface area contributed by atoms with E-state index >= 15 is 0 Å². The van der Waals surface area contributed by atoms with Gasteiger partial charge in [0.15, 0.2) is 0 Å². The summed E-state index contributed by atoms with van der Waals surface area (Å²) in [6, 6.07) is 0. The van der Waals surface area contributed by atoms with Gasteiger partial charge in [0.25, 0.3) is 0 Å². The minimum absolute atomic E-state index is 0.0162. The van der Waals surface area contributed by atoms with Crippen molar-refractivity contribution in [3.63, 3.8) is 0 Å². The molecule has 0 spiro atoms. The molecule has 0 aliphatic rings. The van der Waals surface area contributed by atoms with E-state index in [9.17, 15) is 10.1 Å². The second kappa shape index (κ2) is 9.62. The topological polar surface area (TPSA) is 67.5 Å². The van der Waals surface area contributed by atoms with Gasteiger partial charge in [-0.25, -0.2) is 0 Å². The van der Waals surface area contributed by atoms with Gasteiger partial charge >= 0.3 is 5.70 Å². The van der Waals surface area contributed by atoms with E-state index in [1.165, 1.54) is 12.4 Å². The Kier molecular flexibility index (Phi) is 8.88. The number of hydrogen-bond acceptors (Lipinski definition) is 4. The van der Waals surface area contributed by atoms with E-state index in [2.05, 4.69) is 38.0 Å². The van der Waals surface area contributed by atoms with Crippen molar-refractivity contribution in [3.05, 3.63) is 22.0 Å². The molecule has 5 heteroatoms. The molecule has 18 heavy (non-hydrogen) atoms. The molecule has 0 saturated heterocycles. The van der Waals surface area contributed by atoms with Crippen molar-refractivity contribution < 1.29 is 4.92 Å². The molecule has 0 saturated carbocycles. The van der Waals surface area contributed by atoms with E-state index in [0.717, 1.165) is 19.4 Å². The summed E-state index contributed by atoms with van der Waals surface area (Å²) in [7, 11) is 0. The normalized spacial score (nSPS) is 12.7. The lowest BCUT2D eigenvalue weighted by molar-refractivity contribution is -0.414. The summed E-state index contributed by atoms with van der Waals surface area (Å²) in [4.78, 5) is 14.4. The summed E-state index contributed by atoms with van der Waals surface area (Å²) in [5, 5.41) is 13.7. The number of nitrogens with zero attached hydrogens (tertiary/aromatic N) is 2. The van der Waals surface area contributed by atoms with Crippen LogP contribution < -0.4 is 5.32 Å². The van der Waals surface area contributed by atoms with Crippen molar-refractivity contribution in [2.45, 2.75) is 40.5 Å². The fourth-order valence-corrected chi connectivity index (χ4v) is 1.18. The van der Waals surface area contributed by atoms with Crippen LogP contribution >= 0.6 is 0 Å². The van der Waals surface area contributed by atoms with Crippen LogP contribution in [0, 0.1) is 22.0 Å². The van der Waals surface area contributed by atoms with Crippen molar-refractivity contribution in [2.24, 2.45) is 16.8 Å². The Labute approximate surface area is 110 Å². The van der Waals surface area contributed by atoms with Gasteiger partial charge in [0, 0.05) is 13.1 Å². The van der Waals surface area contributed by atoms with E-state index < -0.39 is 4.92 Å². The fraction of sp³-hybridized carbons (Fsp3) is 0.769. The molecule has 0 aliphatic carbocycles. The van der Waals surface area contributed by atoms with E-state index in [1.807, 2.05) is 0 Å². The molecular weight excluding hydrogens is 230 g/mol. The molecule has 0 unspecified atom stereocenters. The summed E-state index contributed by atoms with van der Waals surface area (Å²) >= 11 is 0. The van der Waals surface area contributed by atoms with Crippen LogP contribution in [0.2, 0.25) is 0 Å². The molecule has 0 aromatic carbocycles. The van der Waals surface area contributed by atoms with E-state index in [1.54, 1.807) is 0 Å². The SMILES string of the molecule is CC(C)CCN=C/C(=C\NCCC(C)C)[N+](=O)[O-]. The highest BCUT2D eigenvalue weighted by atomic mass is 16.6. The third kappa shape index (κ3) is 9.81. The van der Waals surface area contributed by atoms with Crippen molar-refractivity contribution in [3.8, 4) is 0 Å². The third-order valence-electron chi connectivity index (χ3n) is 2.39. The Hall–Kier alpha value is -1.39. The lowest BCUT2D eigenvalue weighted by Gasteiger charge is -2.03. The monoisotopic (exact) mass is 255 g/mol. The molecule has 0 bridgehead atoms. The Morgan fingerprint density at radius 2 is 1.89 bits per heavy atom. The summed E-state index contributed by atoms with van der Waals surface area (Å²) < 4.78 is 0. The molecule has 0 aromatic heterocycles. The molecule has 0 fully saturated rings. The van der Waals surface area contributed by atoms with Crippen LogP contribution in [-0.4, -0.2) is 24.2 Å². The van der Waals surface area contributed by atoms with Gasteiger partial charge in [-0.2, -0.15) is 0 Å². The minimum atomic E-state index is -0.415. The lowest BCUT2D eigenvalue weighted by atomic mass is 10.1. The van der Waals surface area contributed by atoms with Gasteiger partial charge < -0.3 is 5.32 Å². The Bertz CT molecular complexity index is 297. The van der Waals surface area contributed by atoms with Crippen LogP contribution in [0.25, 0.3) is 0 Å². The van der Waals surface area contributed by atoms with Crippen LogP contribution in [-0.2, 0) is 0 Å². The first-order valence-corrected chi connectivity index (χ1v) is 6.51. The number of hydrogen-bond donors (Lipinski definition) is 1. The average molecular weight is 255 g/mol. The first-order chi connectivity index (χ1) is 8.43. The molecule has 0 heterocycles. The first kappa shape index (κ1) is 16.6. The van der Waals surface area contributed by atoms with Crippen LogP contribution in [0.4, 0.5) is 0 Å². The first-order valence-electron chi connectivity index (χ1n) is 6.51. The van der Waals surface area contributed by atoms with Crippen molar-refractivity contribution in [1.82, 2.24) is 5.32 Å². The van der Waals surface area contributed by atoms with Gasteiger partial charge in [-0.3, -0.25) is 15.1 Å². The van der Waals surface area contributed by atoms with Crippen LogP contribution in [0.3, 0.4) is 0 Å². The predicted molar refractivity (Wildman–Crippen MR) is 75.3 cm³/mol. The summed E-state index contributed by atoms with van der Waals surface area (Å²) in [6.07, 6.45) is 4.71. The maximum absolute atomic E-state index is 10.8. The molecular formula is C13H25N3O2. The lowest BCUT2D eigenvalue weighted by Crippen LogP contribution is -2.13. The summed E-state index contributed by atoms with van der Waals surface area (Å²) in [5.74, 6) is 1.15. The number of aliphatic imine (C=N–C) groups is 1. The largest absolute Gasteiger partial charge is 0.385 e. The second-order valence-corrected chi connectivity index (χ2v) is 5.18. The van der Waals surface area contributed by atoms with Gasteiger partial charge in [-0.05, 0) is 24.7 Å². The molecule has 0 amide bonds. The third-order valence-corrected chi connectivity index (χ3v) is 2.39. The van der Waals surface area contributed by atoms with Crippen molar-refractivity contribution >= 4 is 6.21 Å². The molecule has 5 nitrogen and oxygen atoms in total. The standard InChI is InChI=1S/C13H25N3O2/c1-11(2)5-7-14-9-13(16(17)18)10-15-8-6-12(3)4/h9-12,14H,5-8H2,1-4H3/b13-9+,15-10?. The zero-order valence-electron chi connectivity index (χ0n) is 11.8. The molecule has 0 rings (SSSR count). The molecule has 0 radical (unpaired) electrons. The van der Waals surface area contributed by atoms with Gasteiger partial charge in [0.2, 0.25) is 0 Å². The van der Waals surface area contributed by atoms with E-state index in [0.29, 0.717) is 18.4 Å². The fourth-order valence-electron chi connectivity index (χ4n) is 1.18. The van der Waals surface area contributed by atoms with Gasteiger partial charge in [-0.1, -0.05) is 27.7 Å². The molecule has 0 atom stereocenters. The van der Waals surface area contributed by atoms with Gasteiger partial charge in [0.05, 0.1) is 11.1 Å². The van der Waals surface area contributed by atoms with Crippen molar-refractivity contribution in [2.75, 3.05) is 13.1 Å². The highest BCUT2D eigenvalue weighted by Gasteiger charge is 2.06. The molecule has 0 aromatic rings. The smallest absolute Gasteiger partial charge is 0.302 e. The van der Waals surface area contributed by atoms with E-state index in [-0.39, 0.29) is 5.70 Å². The molecule has 104 valence electrons. The predicted octanol–water partition coefficient (Wildman–Crippen LogP) is 2.86. The number of nitrogens with one attached hydrogen (secondary N) is 1. The van der Waals surface area contributed by atoms with Crippen LogP contribution in [0.1, 0.15) is 40.5 Å². The van der Waals surface area contributed by atoms with Gasteiger partial charge in [0.1, 0.15) is 6.21 Å². The highest BCUT2D eigenvalue weighted by Crippen LogP contribution is 1.99.